The minimum atomic E-state index is -1.70. The Hall–Kier alpha value is -2.90. The van der Waals surface area contributed by atoms with Gasteiger partial charge in [0.1, 0.15) is 5.60 Å². The second-order valence-electron chi connectivity index (χ2n) is 6.45. The fraction of sp³-hybridized carbons (Fsp3) is 0.444. The predicted molar refractivity (Wildman–Crippen MR) is 88.9 cm³/mol. The van der Waals surface area contributed by atoms with Gasteiger partial charge in [-0.15, -0.1) is 0 Å². The van der Waals surface area contributed by atoms with E-state index in [-0.39, 0.29) is 0 Å². The smallest absolute Gasteiger partial charge is 0.352 e. The normalized spacial score (nSPS) is 13.2. The highest BCUT2D eigenvalue weighted by Gasteiger charge is 2.32. The molecule has 0 saturated carbocycles. The van der Waals surface area contributed by atoms with Gasteiger partial charge in [-0.2, -0.15) is 0 Å². The molecule has 0 amide bonds. The molecule has 1 aromatic carbocycles. The van der Waals surface area contributed by atoms with E-state index in [0.29, 0.717) is 5.56 Å². The first kappa shape index (κ1) is 21.1. The summed E-state index contributed by atoms with van der Waals surface area (Å²) in [6.07, 6.45) is -3.80. The summed E-state index contributed by atoms with van der Waals surface area (Å²) in [7, 11) is 0. The molecule has 0 unspecified atom stereocenters. The lowest BCUT2D eigenvalue weighted by Crippen LogP contribution is -2.33. The van der Waals surface area contributed by atoms with Crippen molar-refractivity contribution in [1.82, 2.24) is 0 Å². The second-order valence-corrected chi connectivity index (χ2v) is 6.45. The van der Waals surface area contributed by atoms with Gasteiger partial charge in [0.2, 0.25) is 12.2 Å². The minimum Gasteiger partial charge on any atom is -0.478 e. The van der Waals surface area contributed by atoms with Crippen LogP contribution < -0.4 is 0 Å². The van der Waals surface area contributed by atoms with E-state index in [1.54, 1.807) is 51.1 Å². The molecule has 0 spiro atoms. The zero-order valence-corrected chi connectivity index (χ0v) is 15.1. The molecule has 0 bridgehead atoms. The molecular weight excluding hydrogens is 344 g/mol. The van der Waals surface area contributed by atoms with Crippen molar-refractivity contribution < 1.29 is 38.5 Å². The maximum Gasteiger partial charge on any atom is 0.352 e. The van der Waals surface area contributed by atoms with Crippen molar-refractivity contribution in [2.24, 2.45) is 0 Å². The molecular formula is C18H22O8. The summed E-state index contributed by atoms with van der Waals surface area (Å²) in [5.41, 5.74) is -0.438. The molecule has 0 saturated heterocycles. The van der Waals surface area contributed by atoms with Crippen molar-refractivity contribution >= 4 is 23.9 Å². The van der Waals surface area contributed by atoms with Gasteiger partial charge in [0.15, 0.2) is 0 Å². The molecule has 0 radical (unpaired) electrons. The van der Waals surface area contributed by atoms with Crippen molar-refractivity contribution in [3.8, 4) is 0 Å². The molecule has 0 aliphatic heterocycles. The summed E-state index contributed by atoms with van der Waals surface area (Å²) >= 11 is 0. The van der Waals surface area contributed by atoms with Crippen LogP contribution >= 0.6 is 0 Å². The van der Waals surface area contributed by atoms with Crippen molar-refractivity contribution in [3.63, 3.8) is 0 Å². The molecule has 0 heterocycles. The van der Waals surface area contributed by atoms with E-state index in [4.69, 9.17) is 14.6 Å². The maximum absolute atomic E-state index is 12.4. The number of ether oxygens (including phenoxy) is 3. The second kappa shape index (κ2) is 8.98. The summed E-state index contributed by atoms with van der Waals surface area (Å²) in [6.45, 7) is 6.01. The van der Waals surface area contributed by atoms with E-state index in [9.17, 15) is 19.2 Å². The van der Waals surface area contributed by atoms with Crippen LogP contribution in [0, 0.1) is 0 Å². The topological polar surface area (TPSA) is 116 Å². The zero-order chi connectivity index (χ0) is 19.9. The van der Waals surface area contributed by atoms with Gasteiger partial charge in [0.25, 0.3) is 0 Å². The molecule has 1 N–H and O–H groups in total. The number of carbonyl (C=O) groups excluding carboxylic acids is 3. The van der Waals surface area contributed by atoms with Crippen LogP contribution in [-0.2, 0) is 33.4 Å². The van der Waals surface area contributed by atoms with Gasteiger partial charge in [-0.25, -0.2) is 9.59 Å². The number of aliphatic carboxylic acids is 1. The Morgan fingerprint density at radius 1 is 1.04 bits per heavy atom. The largest absolute Gasteiger partial charge is 0.478 e. The van der Waals surface area contributed by atoms with Crippen molar-refractivity contribution in [2.45, 2.75) is 51.9 Å². The van der Waals surface area contributed by atoms with Gasteiger partial charge in [-0.1, -0.05) is 30.3 Å². The molecule has 0 aliphatic rings. The quantitative estimate of drug-likeness (QED) is 0.575. The average molecular weight is 366 g/mol. The number of benzene rings is 1. The molecule has 26 heavy (non-hydrogen) atoms. The third kappa shape index (κ3) is 7.33. The van der Waals surface area contributed by atoms with Gasteiger partial charge in [0.05, 0.1) is 6.42 Å². The van der Waals surface area contributed by atoms with E-state index in [1.165, 1.54) is 0 Å². The number of carbonyl (C=O) groups is 4. The Morgan fingerprint density at radius 2 is 1.62 bits per heavy atom. The van der Waals surface area contributed by atoms with Gasteiger partial charge in [-0.3, -0.25) is 9.59 Å². The Morgan fingerprint density at radius 3 is 2.08 bits per heavy atom. The number of carboxylic acids is 1. The monoisotopic (exact) mass is 366 g/mol. The summed E-state index contributed by atoms with van der Waals surface area (Å²) < 4.78 is 14.9. The van der Waals surface area contributed by atoms with Crippen molar-refractivity contribution in [3.05, 3.63) is 35.9 Å². The molecule has 1 rings (SSSR count). The lowest BCUT2D eigenvalue weighted by atomic mass is 10.1. The van der Waals surface area contributed by atoms with E-state index < -0.39 is 48.1 Å². The lowest BCUT2D eigenvalue weighted by molar-refractivity contribution is -0.179. The van der Waals surface area contributed by atoms with Crippen LogP contribution in [0.25, 0.3) is 0 Å². The Labute approximate surface area is 151 Å². The fourth-order valence-electron chi connectivity index (χ4n) is 1.95. The van der Waals surface area contributed by atoms with Crippen LogP contribution in [0.5, 0.6) is 0 Å². The van der Waals surface area contributed by atoms with Crippen LogP contribution in [0.3, 0.4) is 0 Å². The molecule has 0 aliphatic carbocycles. The highest BCUT2D eigenvalue weighted by Crippen LogP contribution is 2.23. The highest BCUT2D eigenvalue weighted by molar-refractivity contribution is 5.85. The Balaban J connectivity index is 2.94. The van der Waals surface area contributed by atoms with Crippen LogP contribution in [0.2, 0.25) is 0 Å². The minimum absolute atomic E-state index is 0.370. The molecule has 8 nitrogen and oxygen atoms in total. The molecule has 142 valence electrons. The Bertz CT molecular complexity index is 660. The highest BCUT2D eigenvalue weighted by atomic mass is 16.6. The first-order valence-corrected chi connectivity index (χ1v) is 7.87. The first-order chi connectivity index (χ1) is 12.0. The fourth-order valence-corrected chi connectivity index (χ4v) is 1.95. The summed E-state index contributed by atoms with van der Waals surface area (Å²) in [5, 5.41) is 9.01. The summed E-state index contributed by atoms with van der Waals surface area (Å²) in [5.74, 6) is -4.16. The first-order valence-electron chi connectivity index (χ1n) is 7.87. The van der Waals surface area contributed by atoms with Gasteiger partial charge in [0, 0.05) is 12.5 Å². The summed E-state index contributed by atoms with van der Waals surface area (Å²) in [6, 6.07) is 8.17. The maximum atomic E-state index is 12.4. The van der Waals surface area contributed by atoms with Gasteiger partial charge < -0.3 is 19.3 Å². The van der Waals surface area contributed by atoms with Crippen molar-refractivity contribution in [1.29, 1.82) is 0 Å². The van der Waals surface area contributed by atoms with E-state index in [2.05, 4.69) is 4.74 Å². The molecule has 8 heteroatoms. The van der Waals surface area contributed by atoms with Crippen LogP contribution in [0.15, 0.2) is 30.3 Å². The lowest BCUT2D eigenvalue weighted by Gasteiger charge is -2.24. The number of esters is 3. The number of hydrogen-bond donors (Lipinski definition) is 1. The number of carboxylic acid groups (broad SMARTS) is 1. The molecule has 0 fully saturated rings. The van der Waals surface area contributed by atoms with Crippen molar-refractivity contribution in [2.75, 3.05) is 0 Å². The van der Waals surface area contributed by atoms with Crippen LogP contribution in [0.1, 0.15) is 45.8 Å². The molecule has 1 aromatic rings. The summed E-state index contributed by atoms with van der Waals surface area (Å²) in [4.78, 5) is 46.5. The van der Waals surface area contributed by atoms with E-state index in [1.807, 2.05) is 0 Å². The van der Waals surface area contributed by atoms with Gasteiger partial charge in [-0.05, 0) is 20.8 Å². The SMILES string of the molecule is CC(=O)O[C@@H](CC(=O)O[C@H](C(=O)OC(C)(C)C)c1ccccc1)C(=O)O. The predicted octanol–water partition coefficient (Wildman–Crippen LogP) is 2.02. The third-order valence-electron chi connectivity index (χ3n) is 2.91. The molecule has 0 aromatic heterocycles. The average Bonchev–Trinajstić information content (AvgIpc) is 2.50. The van der Waals surface area contributed by atoms with Gasteiger partial charge >= 0.3 is 23.9 Å². The Kier molecular flexibility index (Phi) is 7.30. The van der Waals surface area contributed by atoms with Crippen LogP contribution in [0.4, 0.5) is 0 Å². The third-order valence-corrected chi connectivity index (χ3v) is 2.91. The van der Waals surface area contributed by atoms with E-state index >= 15 is 0 Å². The zero-order valence-electron chi connectivity index (χ0n) is 15.1. The number of rotatable bonds is 7. The van der Waals surface area contributed by atoms with E-state index in [0.717, 1.165) is 6.92 Å². The van der Waals surface area contributed by atoms with Crippen LogP contribution in [-0.4, -0.2) is 40.7 Å². The standard InChI is InChI=1S/C18H22O8/c1-11(19)24-13(16(21)22)10-14(20)25-15(12-8-6-5-7-9-12)17(23)26-18(2,3)4/h5-9,13,15H,10H2,1-4H3,(H,21,22)/t13-,15-/m0/s1. The number of hydrogen-bond acceptors (Lipinski definition) is 7. The molecule has 2 atom stereocenters.